The number of hydrogen-bond donors (Lipinski definition) is 0. The topological polar surface area (TPSA) is 66.5 Å². The van der Waals surface area contributed by atoms with Crippen LogP contribution in [0.4, 0.5) is 13.2 Å². The minimum Gasteiger partial charge on any atom is -0.493 e. The molecule has 2 saturated heterocycles. The van der Waals surface area contributed by atoms with Crippen molar-refractivity contribution in [2.45, 2.75) is 24.5 Å². The second-order valence-corrected chi connectivity index (χ2v) is 7.68. The molecule has 7 nitrogen and oxygen atoms in total. The first-order chi connectivity index (χ1) is 15.8. The van der Waals surface area contributed by atoms with Crippen LogP contribution in [-0.4, -0.2) is 63.5 Å². The van der Waals surface area contributed by atoms with Crippen LogP contribution in [-0.2, 0) is 19.8 Å². The smallest absolute Gasteiger partial charge is 0.493 e. The van der Waals surface area contributed by atoms with Crippen LogP contribution < -0.4 is 9.47 Å². The second-order valence-electron chi connectivity index (χ2n) is 7.68. The Morgan fingerprint density at radius 1 is 1.15 bits per heavy atom. The molecule has 2 heterocycles. The molecular formula is C23H24F3NO6. The number of ether oxygens (including phenoxy) is 5. The van der Waals surface area contributed by atoms with Crippen LogP contribution in [0, 0.1) is 0 Å². The number of rotatable bonds is 7. The monoisotopic (exact) mass is 467 g/mol. The number of methoxy groups -OCH3 is 1. The van der Waals surface area contributed by atoms with Crippen LogP contribution in [0.5, 0.6) is 11.5 Å². The SMILES string of the molecule is COc1cc(C(=O)N2CCC3(c4ccccc4)OCOC3C2)ccc1OCCOC(F)(F)F. The van der Waals surface area contributed by atoms with Crippen molar-refractivity contribution in [3.05, 3.63) is 59.7 Å². The van der Waals surface area contributed by atoms with Gasteiger partial charge in [0, 0.05) is 18.5 Å². The Labute approximate surface area is 188 Å². The zero-order valence-corrected chi connectivity index (χ0v) is 18.0. The molecule has 0 N–H and O–H groups in total. The van der Waals surface area contributed by atoms with Gasteiger partial charge in [0.05, 0.1) is 20.3 Å². The van der Waals surface area contributed by atoms with Crippen LogP contribution in [0.25, 0.3) is 0 Å². The first-order valence-electron chi connectivity index (χ1n) is 10.4. The van der Waals surface area contributed by atoms with Crippen molar-refractivity contribution in [2.75, 3.05) is 40.2 Å². The van der Waals surface area contributed by atoms with E-state index in [0.717, 1.165) is 5.56 Å². The molecule has 178 valence electrons. The minimum atomic E-state index is -4.72. The molecule has 2 atom stereocenters. The number of benzene rings is 2. The quantitative estimate of drug-likeness (QED) is 0.579. The second kappa shape index (κ2) is 9.58. The van der Waals surface area contributed by atoms with Crippen molar-refractivity contribution < 1.29 is 41.7 Å². The van der Waals surface area contributed by atoms with Crippen molar-refractivity contribution in [3.63, 3.8) is 0 Å². The fourth-order valence-corrected chi connectivity index (χ4v) is 4.20. The van der Waals surface area contributed by atoms with Crippen LogP contribution in [0.15, 0.2) is 48.5 Å². The molecule has 33 heavy (non-hydrogen) atoms. The summed E-state index contributed by atoms with van der Waals surface area (Å²) in [6, 6.07) is 14.4. The molecule has 0 bridgehead atoms. The molecule has 0 aliphatic carbocycles. The van der Waals surface area contributed by atoms with Crippen molar-refractivity contribution in [1.29, 1.82) is 0 Å². The number of alkyl halides is 3. The number of nitrogens with zero attached hydrogens (tertiary/aromatic N) is 1. The van der Waals surface area contributed by atoms with Gasteiger partial charge in [0.25, 0.3) is 5.91 Å². The van der Waals surface area contributed by atoms with Gasteiger partial charge in [0.15, 0.2) is 11.5 Å². The van der Waals surface area contributed by atoms with Crippen LogP contribution in [0.2, 0.25) is 0 Å². The third kappa shape index (κ3) is 5.07. The summed E-state index contributed by atoms with van der Waals surface area (Å²) in [5.41, 5.74) is 0.820. The molecule has 4 rings (SSSR count). The molecule has 2 aromatic carbocycles. The third-order valence-electron chi connectivity index (χ3n) is 5.81. The summed E-state index contributed by atoms with van der Waals surface area (Å²) in [4.78, 5) is 14.9. The van der Waals surface area contributed by atoms with Gasteiger partial charge in [0.1, 0.15) is 25.1 Å². The first-order valence-corrected chi connectivity index (χ1v) is 10.4. The summed E-state index contributed by atoms with van der Waals surface area (Å²) in [6.07, 6.45) is -4.43. The predicted molar refractivity (Wildman–Crippen MR) is 110 cm³/mol. The van der Waals surface area contributed by atoms with Gasteiger partial charge >= 0.3 is 6.36 Å². The molecule has 2 aliphatic rings. The molecule has 2 aromatic rings. The van der Waals surface area contributed by atoms with E-state index in [0.29, 0.717) is 25.1 Å². The first kappa shape index (κ1) is 23.3. The van der Waals surface area contributed by atoms with Gasteiger partial charge in [-0.15, -0.1) is 13.2 Å². The highest BCUT2D eigenvalue weighted by atomic mass is 19.4. The maximum atomic E-state index is 13.2. The maximum Gasteiger partial charge on any atom is 0.522 e. The Hall–Kier alpha value is -2.82. The average molecular weight is 467 g/mol. The number of fused-ring (bicyclic) bond motifs is 1. The van der Waals surface area contributed by atoms with E-state index in [9.17, 15) is 18.0 Å². The lowest BCUT2D eigenvalue weighted by Gasteiger charge is -2.42. The Kier molecular flexibility index (Phi) is 6.78. The summed E-state index contributed by atoms with van der Waals surface area (Å²) in [7, 11) is 1.39. The number of amides is 1. The molecule has 0 aromatic heterocycles. The van der Waals surface area contributed by atoms with E-state index >= 15 is 0 Å². The molecule has 10 heteroatoms. The van der Waals surface area contributed by atoms with Crippen molar-refractivity contribution in [1.82, 2.24) is 4.90 Å². The summed E-state index contributed by atoms with van der Waals surface area (Å²) in [6.45, 7) is 0.0229. The van der Waals surface area contributed by atoms with Gasteiger partial charge in [-0.2, -0.15) is 0 Å². The van der Waals surface area contributed by atoms with E-state index in [-0.39, 0.29) is 36.9 Å². The Bertz CT molecular complexity index is 970. The van der Waals surface area contributed by atoms with Crippen molar-refractivity contribution >= 4 is 5.91 Å². The zero-order chi connectivity index (χ0) is 23.5. The number of carbonyl (C=O) groups excluding carboxylic acids is 1. The Morgan fingerprint density at radius 3 is 2.67 bits per heavy atom. The zero-order valence-electron chi connectivity index (χ0n) is 18.0. The van der Waals surface area contributed by atoms with Gasteiger partial charge in [0.2, 0.25) is 0 Å². The number of piperidine rings is 1. The Balaban J connectivity index is 1.42. The fourth-order valence-electron chi connectivity index (χ4n) is 4.20. The molecule has 0 spiro atoms. The molecule has 0 radical (unpaired) electrons. The van der Waals surface area contributed by atoms with E-state index in [1.165, 1.54) is 19.2 Å². The molecule has 2 unspecified atom stereocenters. The Morgan fingerprint density at radius 2 is 1.94 bits per heavy atom. The molecule has 2 fully saturated rings. The van der Waals surface area contributed by atoms with Crippen LogP contribution in [0.1, 0.15) is 22.3 Å². The van der Waals surface area contributed by atoms with Gasteiger partial charge < -0.3 is 23.8 Å². The predicted octanol–water partition coefficient (Wildman–Crippen LogP) is 3.72. The fraction of sp³-hybridized carbons (Fsp3) is 0.435. The molecule has 1 amide bonds. The molecule has 0 saturated carbocycles. The lowest BCUT2D eigenvalue weighted by Crippen LogP contribution is -2.53. The van der Waals surface area contributed by atoms with E-state index in [2.05, 4.69) is 4.74 Å². The summed E-state index contributed by atoms with van der Waals surface area (Å²) in [5, 5.41) is 0. The normalized spacial score (nSPS) is 22.7. The van der Waals surface area contributed by atoms with E-state index in [1.54, 1.807) is 11.0 Å². The number of likely N-dealkylation sites (tertiary alicyclic amines) is 1. The van der Waals surface area contributed by atoms with Crippen molar-refractivity contribution in [2.24, 2.45) is 0 Å². The van der Waals surface area contributed by atoms with Gasteiger partial charge in [-0.1, -0.05) is 30.3 Å². The lowest BCUT2D eigenvalue weighted by molar-refractivity contribution is -0.325. The van der Waals surface area contributed by atoms with Gasteiger partial charge in [-0.25, -0.2) is 0 Å². The third-order valence-corrected chi connectivity index (χ3v) is 5.81. The van der Waals surface area contributed by atoms with E-state index < -0.39 is 18.6 Å². The van der Waals surface area contributed by atoms with Crippen LogP contribution >= 0.6 is 0 Å². The average Bonchev–Trinajstić information content (AvgIpc) is 3.26. The minimum absolute atomic E-state index is 0.166. The highest BCUT2D eigenvalue weighted by molar-refractivity contribution is 5.95. The van der Waals surface area contributed by atoms with Crippen LogP contribution in [0.3, 0.4) is 0 Å². The largest absolute Gasteiger partial charge is 0.522 e. The van der Waals surface area contributed by atoms with Gasteiger partial charge in [-0.05, 0) is 23.8 Å². The highest BCUT2D eigenvalue weighted by Gasteiger charge is 2.51. The molecule has 2 aliphatic heterocycles. The number of halogens is 3. The molecular weight excluding hydrogens is 443 g/mol. The van der Waals surface area contributed by atoms with E-state index in [4.69, 9.17) is 18.9 Å². The summed E-state index contributed by atoms with van der Waals surface area (Å²) < 4.78 is 62.3. The van der Waals surface area contributed by atoms with Crippen molar-refractivity contribution in [3.8, 4) is 11.5 Å². The maximum absolute atomic E-state index is 13.2. The summed E-state index contributed by atoms with van der Waals surface area (Å²) in [5.74, 6) is 0.246. The van der Waals surface area contributed by atoms with E-state index in [1.807, 2.05) is 30.3 Å². The standard InChI is InChI=1S/C23H24F3NO6/c1-29-19-13-16(7-8-18(19)30-11-12-32-23(24,25)26)21(28)27-10-9-22(17-5-3-2-4-6-17)20(14-27)31-15-33-22/h2-8,13,20H,9-12,14-15H2,1H3. The number of hydrogen-bond acceptors (Lipinski definition) is 6. The lowest BCUT2D eigenvalue weighted by atomic mass is 9.82. The number of carbonyl (C=O) groups is 1. The highest BCUT2D eigenvalue weighted by Crippen LogP contribution is 2.42. The summed E-state index contributed by atoms with van der Waals surface area (Å²) >= 11 is 0. The van der Waals surface area contributed by atoms with Gasteiger partial charge in [-0.3, -0.25) is 9.53 Å².